The molecule has 0 aromatic rings. The van der Waals surface area contributed by atoms with Gasteiger partial charge in [-0.1, -0.05) is 13.3 Å². The van der Waals surface area contributed by atoms with Crippen molar-refractivity contribution in [1.29, 1.82) is 0 Å². The van der Waals surface area contributed by atoms with Crippen LogP contribution in [0.25, 0.3) is 0 Å². The fourth-order valence-electron chi connectivity index (χ4n) is 0.425. The van der Waals surface area contributed by atoms with Crippen molar-refractivity contribution in [3.05, 3.63) is 6.42 Å². The Labute approximate surface area is 54.3 Å². The SMILES string of the molecule is CCC[CH]C(O)C(=O)O. The van der Waals surface area contributed by atoms with Gasteiger partial charge in [0.2, 0.25) is 0 Å². The molecule has 9 heavy (non-hydrogen) atoms. The molecule has 0 aliphatic heterocycles. The number of aliphatic hydroxyl groups excluding tert-OH is 1. The van der Waals surface area contributed by atoms with E-state index in [1.54, 1.807) is 0 Å². The van der Waals surface area contributed by atoms with Gasteiger partial charge in [-0.25, -0.2) is 4.79 Å². The van der Waals surface area contributed by atoms with Gasteiger partial charge in [-0.15, -0.1) is 0 Å². The van der Waals surface area contributed by atoms with Gasteiger partial charge in [0.05, 0.1) is 0 Å². The van der Waals surface area contributed by atoms with Crippen molar-refractivity contribution in [1.82, 2.24) is 0 Å². The number of rotatable bonds is 4. The second-order valence-electron chi connectivity index (χ2n) is 1.81. The lowest BCUT2D eigenvalue weighted by molar-refractivity contribution is -0.144. The summed E-state index contributed by atoms with van der Waals surface area (Å²) in [5.74, 6) is -1.18. The summed E-state index contributed by atoms with van der Waals surface area (Å²) in [4.78, 5) is 9.92. The summed E-state index contributed by atoms with van der Waals surface area (Å²) in [6, 6.07) is 0. The van der Waals surface area contributed by atoms with Gasteiger partial charge in [0, 0.05) is 6.42 Å². The first-order chi connectivity index (χ1) is 4.18. The van der Waals surface area contributed by atoms with Crippen LogP contribution in [0.2, 0.25) is 0 Å². The van der Waals surface area contributed by atoms with Gasteiger partial charge in [-0.2, -0.15) is 0 Å². The van der Waals surface area contributed by atoms with E-state index in [0.717, 1.165) is 6.42 Å². The zero-order valence-electron chi connectivity index (χ0n) is 5.37. The van der Waals surface area contributed by atoms with E-state index in [4.69, 9.17) is 10.2 Å². The Balaban J connectivity index is 3.27. The topological polar surface area (TPSA) is 57.5 Å². The van der Waals surface area contributed by atoms with E-state index in [0.29, 0.717) is 6.42 Å². The largest absolute Gasteiger partial charge is 0.479 e. The Hall–Kier alpha value is -0.570. The summed E-state index contributed by atoms with van der Waals surface area (Å²) >= 11 is 0. The third-order valence-electron chi connectivity index (χ3n) is 0.932. The molecule has 0 aliphatic rings. The average molecular weight is 131 g/mol. The Morgan fingerprint density at radius 2 is 2.33 bits per heavy atom. The summed E-state index contributed by atoms with van der Waals surface area (Å²) in [5, 5.41) is 16.7. The molecule has 0 heterocycles. The molecular weight excluding hydrogens is 120 g/mol. The molecule has 53 valence electrons. The van der Waals surface area contributed by atoms with Crippen molar-refractivity contribution >= 4 is 5.97 Å². The van der Waals surface area contributed by atoms with E-state index < -0.39 is 12.1 Å². The van der Waals surface area contributed by atoms with E-state index >= 15 is 0 Å². The molecule has 0 fully saturated rings. The highest BCUT2D eigenvalue weighted by atomic mass is 16.4. The highest BCUT2D eigenvalue weighted by Gasteiger charge is 2.10. The molecule has 0 aromatic heterocycles. The number of aliphatic carboxylic acids is 1. The van der Waals surface area contributed by atoms with E-state index in [2.05, 4.69) is 0 Å². The van der Waals surface area contributed by atoms with Gasteiger partial charge in [0.25, 0.3) is 0 Å². The van der Waals surface area contributed by atoms with Gasteiger partial charge >= 0.3 is 5.97 Å². The number of carbonyl (C=O) groups is 1. The minimum Gasteiger partial charge on any atom is -0.479 e. The van der Waals surface area contributed by atoms with E-state index in [1.807, 2.05) is 6.92 Å². The van der Waals surface area contributed by atoms with Gasteiger partial charge in [-0.3, -0.25) is 0 Å². The molecule has 3 nitrogen and oxygen atoms in total. The van der Waals surface area contributed by atoms with Gasteiger partial charge < -0.3 is 10.2 Å². The molecule has 1 unspecified atom stereocenters. The van der Waals surface area contributed by atoms with Gasteiger partial charge in [-0.05, 0) is 6.42 Å². The quantitative estimate of drug-likeness (QED) is 0.582. The number of hydrogen-bond donors (Lipinski definition) is 2. The van der Waals surface area contributed by atoms with Crippen LogP contribution < -0.4 is 0 Å². The maximum absolute atomic E-state index is 9.92. The Bertz CT molecular complexity index is 90.3. The van der Waals surface area contributed by atoms with Crippen molar-refractivity contribution in [3.8, 4) is 0 Å². The first-order valence-electron chi connectivity index (χ1n) is 2.92. The van der Waals surface area contributed by atoms with Gasteiger partial charge in [0.15, 0.2) is 6.10 Å². The molecule has 1 atom stereocenters. The second-order valence-corrected chi connectivity index (χ2v) is 1.81. The molecule has 0 aliphatic carbocycles. The zero-order valence-corrected chi connectivity index (χ0v) is 5.37. The fourth-order valence-corrected chi connectivity index (χ4v) is 0.425. The molecule has 0 amide bonds. The van der Waals surface area contributed by atoms with E-state index in [9.17, 15) is 4.79 Å². The first kappa shape index (κ1) is 8.43. The lowest BCUT2D eigenvalue weighted by Gasteiger charge is -2.00. The van der Waals surface area contributed by atoms with Crippen molar-refractivity contribution in [3.63, 3.8) is 0 Å². The second kappa shape index (κ2) is 4.32. The Kier molecular flexibility index (Phi) is 4.05. The third kappa shape index (κ3) is 3.97. The maximum atomic E-state index is 9.92. The number of aliphatic hydroxyl groups is 1. The van der Waals surface area contributed by atoms with Crippen LogP contribution in [0.1, 0.15) is 19.8 Å². The Morgan fingerprint density at radius 3 is 2.67 bits per heavy atom. The van der Waals surface area contributed by atoms with E-state index in [1.165, 1.54) is 6.42 Å². The summed E-state index contributed by atoms with van der Waals surface area (Å²) in [6.07, 6.45) is 1.60. The lowest BCUT2D eigenvalue weighted by atomic mass is 10.2. The van der Waals surface area contributed by atoms with Crippen LogP contribution in [-0.4, -0.2) is 22.3 Å². The molecule has 1 radical (unpaired) electrons. The number of hydrogen-bond acceptors (Lipinski definition) is 2. The highest BCUT2D eigenvalue weighted by Crippen LogP contribution is 1.97. The van der Waals surface area contributed by atoms with Crippen LogP contribution in [0, 0.1) is 6.42 Å². The molecule has 0 spiro atoms. The normalized spacial score (nSPS) is 13.1. The van der Waals surface area contributed by atoms with Crippen molar-refractivity contribution in [2.75, 3.05) is 0 Å². The van der Waals surface area contributed by atoms with Crippen LogP contribution in [0.5, 0.6) is 0 Å². The van der Waals surface area contributed by atoms with Gasteiger partial charge in [0.1, 0.15) is 0 Å². The summed E-state index contributed by atoms with van der Waals surface area (Å²) in [5.41, 5.74) is 0. The molecular formula is C6H11O3. The molecule has 0 aromatic carbocycles. The highest BCUT2D eigenvalue weighted by molar-refractivity contribution is 5.73. The number of unbranched alkanes of at least 4 members (excludes halogenated alkanes) is 1. The zero-order chi connectivity index (χ0) is 7.28. The predicted octanol–water partition coefficient (Wildman–Crippen LogP) is 0.436. The van der Waals surface area contributed by atoms with Crippen molar-refractivity contribution in [2.45, 2.75) is 25.9 Å². The molecule has 0 saturated heterocycles. The average Bonchev–Trinajstić information content (AvgIpc) is 1.82. The summed E-state index contributed by atoms with van der Waals surface area (Å²) < 4.78 is 0. The maximum Gasteiger partial charge on any atom is 0.332 e. The van der Waals surface area contributed by atoms with Crippen LogP contribution >= 0.6 is 0 Å². The smallest absolute Gasteiger partial charge is 0.332 e. The minimum atomic E-state index is -1.29. The standard InChI is InChI=1S/C6H11O3/c1-2-3-4-5(7)6(8)9/h4-5,7H,2-3H2,1H3,(H,8,9). The number of carboxylic acid groups (broad SMARTS) is 1. The van der Waals surface area contributed by atoms with Crippen LogP contribution in [-0.2, 0) is 4.79 Å². The summed E-state index contributed by atoms with van der Waals surface area (Å²) in [7, 11) is 0. The molecule has 0 bridgehead atoms. The van der Waals surface area contributed by atoms with Crippen molar-refractivity contribution in [2.24, 2.45) is 0 Å². The van der Waals surface area contributed by atoms with Crippen LogP contribution in [0.15, 0.2) is 0 Å². The molecule has 0 rings (SSSR count). The molecule has 3 heteroatoms. The molecule has 0 saturated carbocycles. The Morgan fingerprint density at radius 1 is 1.78 bits per heavy atom. The summed E-state index contributed by atoms with van der Waals surface area (Å²) in [6.45, 7) is 1.92. The third-order valence-corrected chi connectivity index (χ3v) is 0.932. The number of carboxylic acids is 1. The monoisotopic (exact) mass is 131 g/mol. The predicted molar refractivity (Wildman–Crippen MR) is 32.9 cm³/mol. The minimum absolute atomic E-state index is 0.646. The van der Waals surface area contributed by atoms with Crippen LogP contribution in [0.4, 0.5) is 0 Å². The first-order valence-corrected chi connectivity index (χ1v) is 2.92. The van der Waals surface area contributed by atoms with Crippen molar-refractivity contribution < 1.29 is 15.0 Å². The van der Waals surface area contributed by atoms with Crippen LogP contribution in [0.3, 0.4) is 0 Å². The fraction of sp³-hybridized carbons (Fsp3) is 0.667. The van der Waals surface area contributed by atoms with E-state index in [-0.39, 0.29) is 0 Å². The lowest BCUT2D eigenvalue weighted by Crippen LogP contribution is -2.19. The molecule has 2 N–H and O–H groups in total.